The van der Waals surface area contributed by atoms with Crippen LogP contribution < -0.4 is 4.90 Å². The molecule has 11 aromatic rings. The van der Waals surface area contributed by atoms with Crippen molar-refractivity contribution in [3.05, 3.63) is 200 Å². The van der Waals surface area contributed by atoms with Gasteiger partial charge in [-0.2, -0.15) is 0 Å². The van der Waals surface area contributed by atoms with Gasteiger partial charge in [-0.1, -0.05) is 127 Å². The second-order valence-electron chi connectivity index (χ2n) is 14.1. The molecule has 3 heteroatoms. The maximum atomic E-state index is 2.39. The van der Waals surface area contributed by atoms with Crippen LogP contribution in [0.5, 0.6) is 0 Å². The fraction of sp³-hybridized carbons (Fsp3) is 0. The number of nitrogens with zero attached hydrogens (tertiary/aromatic N) is 1. The van der Waals surface area contributed by atoms with Crippen LogP contribution in [0.4, 0.5) is 17.1 Å². The summed E-state index contributed by atoms with van der Waals surface area (Å²) in [6.45, 7) is 0. The quantitative estimate of drug-likeness (QED) is 0.164. The second-order valence-corrected chi connectivity index (χ2v) is 16.3. The Morgan fingerprint density at radius 3 is 1.64 bits per heavy atom. The third-order valence-electron chi connectivity index (χ3n) is 10.9. The van der Waals surface area contributed by atoms with Crippen molar-refractivity contribution in [1.82, 2.24) is 0 Å². The predicted molar refractivity (Wildman–Crippen MR) is 241 cm³/mol. The Hall–Kier alpha value is -6.52. The Kier molecular flexibility index (Phi) is 7.61. The van der Waals surface area contributed by atoms with Crippen LogP contribution >= 0.6 is 22.7 Å². The number of rotatable bonds is 6. The summed E-state index contributed by atoms with van der Waals surface area (Å²) in [5.41, 5.74) is 10.7. The second kappa shape index (κ2) is 13.1. The van der Waals surface area contributed by atoms with E-state index in [1.165, 1.54) is 84.5 Å². The molecule has 1 nitrogen and oxygen atoms in total. The standard InChI is InChI=1S/C52H33NS2/c1-2-10-37-31-38(20-19-34(37)9-1)35-21-26-41(27-22-35)53(42-28-23-36(24-29-42)39-25-30-50-47(33-39)45-13-3-5-16-48(45)54-50)43-12-7-11-40(32-43)44-15-8-18-51-52(44)46-14-4-6-17-49(46)55-51/h1-33H. The van der Waals surface area contributed by atoms with E-state index < -0.39 is 0 Å². The van der Waals surface area contributed by atoms with Crippen molar-refractivity contribution in [2.75, 3.05) is 4.90 Å². The molecule has 0 aliphatic heterocycles. The molecule has 0 radical (unpaired) electrons. The van der Waals surface area contributed by atoms with Crippen molar-refractivity contribution in [3.8, 4) is 33.4 Å². The van der Waals surface area contributed by atoms with E-state index in [2.05, 4.69) is 205 Å². The Morgan fingerprint density at radius 2 is 0.855 bits per heavy atom. The topological polar surface area (TPSA) is 3.24 Å². The zero-order valence-corrected chi connectivity index (χ0v) is 31.4. The minimum atomic E-state index is 1.11. The maximum Gasteiger partial charge on any atom is 0.0467 e. The zero-order chi connectivity index (χ0) is 36.3. The molecule has 0 N–H and O–H groups in total. The summed E-state index contributed by atoms with van der Waals surface area (Å²) in [7, 11) is 0. The molecular formula is C52H33NS2. The molecule has 0 unspecified atom stereocenters. The van der Waals surface area contributed by atoms with Gasteiger partial charge in [-0.3, -0.25) is 0 Å². The summed E-state index contributed by atoms with van der Waals surface area (Å²) >= 11 is 3.73. The highest BCUT2D eigenvalue weighted by atomic mass is 32.1. The van der Waals surface area contributed by atoms with Gasteiger partial charge >= 0.3 is 0 Å². The van der Waals surface area contributed by atoms with Gasteiger partial charge in [-0.05, 0) is 117 Å². The van der Waals surface area contributed by atoms with Crippen molar-refractivity contribution in [1.29, 1.82) is 0 Å². The number of fused-ring (bicyclic) bond motifs is 7. The molecule has 2 aromatic heterocycles. The number of benzene rings is 9. The highest BCUT2D eigenvalue weighted by Gasteiger charge is 2.17. The lowest BCUT2D eigenvalue weighted by Gasteiger charge is -2.26. The molecule has 55 heavy (non-hydrogen) atoms. The molecule has 2 heterocycles. The fourth-order valence-electron chi connectivity index (χ4n) is 8.16. The summed E-state index contributed by atoms with van der Waals surface area (Å²) in [4.78, 5) is 2.39. The first-order valence-electron chi connectivity index (χ1n) is 18.7. The third kappa shape index (κ3) is 5.60. The number of hydrogen-bond donors (Lipinski definition) is 0. The lowest BCUT2D eigenvalue weighted by Crippen LogP contribution is -2.10. The van der Waals surface area contributed by atoms with Crippen molar-refractivity contribution >= 4 is 90.9 Å². The zero-order valence-electron chi connectivity index (χ0n) is 29.8. The average molecular weight is 736 g/mol. The summed E-state index contributed by atoms with van der Waals surface area (Å²) in [5, 5.41) is 7.79. The van der Waals surface area contributed by atoms with Gasteiger partial charge in [-0.25, -0.2) is 0 Å². The van der Waals surface area contributed by atoms with Gasteiger partial charge < -0.3 is 4.90 Å². The van der Waals surface area contributed by atoms with Crippen LogP contribution in [-0.2, 0) is 0 Å². The first-order valence-corrected chi connectivity index (χ1v) is 20.3. The van der Waals surface area contributed by atoms with Crippen LogP contribution in [0.25, 0.3) is 84.5 Å². The van der Waals surface area contributed by atoms with Crippen molar-refractivity contribution < 1.29 is 0 Å². The van der Waals surface area contributed by atoms with E-state index in [9.17, 15) is 0 Å². The molecule has 0 saturated carbocycles. The van der Waals surface area contributed by atoms with Crippen LogP contribution in [0.1, 0.15) is 0 Å². The SMILES string of the molecule is c1cc(-c2cccc3sc4ccccc4c23)cc(N(c2ccc(-c3ccc4ccccc4c3)cc2)c2ccc(-c3ccc4sc5ccccc5c4c3)cc2)c1. The molecule has 0 atom stereocenters. The highest BCUT2D eigenvalue weighted by molar-refractivity contribution is 7.26. The summed E-state index contributed by atoms with van der Waals surface area (Å²) in [6, 6.07) is 73.5. The van der Waals surface area contributed by atoms with Gasteiger partial charge in [0.25, 0.3) is 0 Å². The number of anilines is 3. The third-order valence-corrected chi connectivity index (χ3v) is 13.1. The highest BCUT2D eigenvalue weighted by Crippen LogP contribution is 2.43. The van der Waals surface area contributed by atoms with Crippen molar-refractivity contribution in [2.45, 2.75) is 0 Å². The largest absolute Gasteiger partial charge is 0.310 e. The predicted octanol–water partition coefficient (Wildman–Crippen LogP) is 16.0. The lowest BCUT2D eigenvalue weighted by atomic mass is 9.98. The Bertz CT molecular complexity index is 3200. The normalized spacial score (nSPS) is 11.6. The molecule has 0 aliphatic rings. The van der Waals surface area contributed by atoms with E-state index in [1.54, 1.807) is 0 Å². The molecule has 0 bridgehead atoms. The molecule has 9 aromatic carbocycles. The first kappa shape index (κ1) is 32.0. The van der Waals surface area contributed by atoms with Gasteiger partial charge in [0.2, 0.25) is 0 Å². The van der Waals surface area contributed by atoms with Crippen LogP contribution in [0.3, 0.4) is 0 Å². The lowest BCUT2D eigenvalue weighted by molar-refractivity contribution is 1.28. The van der Waals surface area contributed by atoms with Crippen LogP contribution in [0.2, 0.25) is 0 Å². The smallest absolute Gasteiger partial charge is 0.0467 e. The summed E-state index contributed by atoms with van der Waals surface area (Å²) in [6.07, 6.45) is 0. The molecule has 0 fully saturated rings. The molecule has 0 spiro atoms. The van der Waals surface area contributed by atoms with E-state index in [4.69, 9.17) is 0 Å². The van der Waals surface area contributed by atoms with E-state index in [0.29, 0.717) is 0 Å². The molecular weight excluding hydrogens is 703 g/mol. The summed E-state index contributed by atoms with van der Waals surface area (Å²) in [5.74, 6) is 0. The summed E-state index contributed by atoms with van der Waals surface area (Å²) < 4.78 is 5.29. The fourth-order valence-corrected chi connectivity index (χ4v) is 10.4. The van der Waals surface area contributed by atoms with Gasteiger partial charge in [0.05, 0.1) is 0 Å². The van der Waals surface area contributed by atoms with Crippen molar-refractivity contribution in [3.63, 3.8) is 0 Å². The Labute approximate surface area is 327 Å². The van der Waals surface area contributed by atoms with Crippen LogP contribution in [0.15, 0.2) is 200 Å². The average Bonchev–Trinajstić information content (AvgIpc) is 3.82. The molecule has 0 saturated heterocycles. The van der Waals surface area contributed by atoms with Gasteiger partial charge in [0.15, 0.2) is 0 Å². The number of thiophene rings is 2. The molecule has 0 amide bonds. The Morgan fingerprint density at radius 1 is 0.291 bits per heavy atom. The van der Waals surface area contributed by atoms with Crippen LogP contribution in [0, 0.1) is 0 Å². The van der Waals surface area contributed by atoms with Gasteiger partial charge in [0, 0.05) is 57.4 Å². The minimum absolute atomic E-state index is 1.11. The van der Waals surface area contributed by atoms with Crippen molar-refractivity contribution in [2.24, 2.45) is 0 Å². The minimum Gasteiger partial charge on any atom is -0.310 e. The van der Waals surface area contributed by atoms with E-state index >= 15 is 0 Å². The monoisotopic (exact) mass is 735 g/mol. The van der Waals surface area contributed by atoms with E-state index in [0.717, 1.165) is 17.1 Å². The molecule has 0 aliphatic carbocycles. The van der Waals surface area contributed by atoms with Crippen LogP contribution in [-0.4, -0.2) is 0 Å². The van der Waals surface area contributed by atoms with E-state index in [-0.39, 0.29) is 0 Å². The van der Waals surface area contributed by atoms with Gasteiger partial charge in [0.1, 0.15) is 0 Å². The first-order chi connectivity index (χ1) is 27.2. The molecule has 11 rings (SSSR count). The number of hydrogen-bond acceptors (Lipinski definition) is 3. The molecule has 258 valence electrons. The maximum absolute atomic E-state index is 2.39. The Balaban J connectivity index is 1.02. The van der Waals surface area contributed by atoms with Gasteiger partial charge in [-0.15, -0.1) is 22.7 Å². The van der Waals surface area contributed by atoms with E-state index in [1.807, 2.05) is 22.7 Å².